The first-order chi connectivity index (χ1) is 15.0. The van der Waals surface area contributed by atoms with Crippen LogP contribution in [0.1, 0.15) is 23.4 Å². The Morgan fingerprint density at radius 3 is 2.42 bits per heavy atom. The normalized spacial score (nSPS) is 14.3. The number of halogens is 1. The number of ether oxygens (including phenoxy) is 1. The molecule has 6 nitrogen and oxygen atoms in total. The van der Waals surface area contributed by atoms with Gasteiger partial charge in [-0.2, -0.15) is 0 Å². The van der Waals surface area contributed by atoms with Crippen LogP contribution in [0.3, 0.4) is 0 Å². The topological polar surface area (TPSA) is 71.8 Å². The second kappa shape index (κ2) is 9.27. The van der Waals surface area contributed by atoms with Crippen molar-refractivity contribution in [2.75, 3.05) is 25.5 Å². The maximum atomic E-state index is 12.8. The Balaban J connectivity index is 1.35. The number of nitrogens with one attached hydrogen (secondary N) is 1. The largest absolute Gasteiger partial charge is 0.468 e. The third kappa shape index (κ3) is 4.91. The average molecular weight is 439 g/mol. The van der Waals surface area contributed by atoms with Crippen molar-refractivity contribution in [1.82, 2.24) is 4.90 Å². The zero-order chi connectivity index (χ0) is 21.8. The average Bonchev–Trinajstić information content (AvgIpc) is 3.28. The summed E-state index contributed by atoms with van der Waals surface area (Å²) in [5, 5.41) is 3.68. The van der Waals surface area contributed by atoms with Gasteiger partial charge in [0.25, 0.3) is 11.9 Å². The lowest BCUT2D eigenvalue weighted by molar-refractivity contribution is -0.121. The van der Waals surface area contributed by atoms with Gasteiger partial charge in [-0.05, 0) is 54.3 Å². The Morgan fingerprint density at radius 1 is 1.03 bits per heavy atom. The predicted molar refractivity (Wildman–Crippen MR) is 119 cm³/mol. The van der Waals surface area contributed by atoms with E-state index in [2.05, 4.69) is 5.32 Å². The summed E-state index contributed by atoms with van der Waals surface area (Å²) in [4.78, 5) is 27.1. The number of nitrogens with zero attached hydrogens (tertiary/aromatic N) is 1. The molecule has 1 N–H and O–H groups in total. The molecule has 4 rings (SSSR count). The molecule has 160 valence electrons. The van der Waals surface area contributed by atoms with Crippen LogP contribution in [-0.4, -0.2) is 36.9 Å². The minimum atomic E-state index is -0.184. The van der Waals surface area contributed by atoms with Gasteiger partial charge in [0.1, 0.15) is 0 Å². The van der Waals surface area contributed by atoms with Crippen molar-refractivity contribution in [3.05, 3.63) is 71.4 Å². The molecule has 31 heavy (non-hydrogen) atoms. The fourth-order valence-corrected chi connectivity index (χ4v) is 3.92. The quantitative estimate of drug-likeness (QED) is 0.601. The van der Waals surface area contributed by atoms with E-state index in [1.165, 1.54) is 7.11 Å². The molecule has 7 heteroatoms. The van der Waals surface area contributed by atoms with Crippen molar-refractivity contribution in [1.29, 1.82) is 0 Å². The molecular weight excluding hydrogens is 416 g/mol. The Bertz CT molecular complexity index is 1090. The number of hydrogen-bond donors (Lipinski definition) is 1. The summed E-state index contributed by atoms with van der Waals surface area (Å²) in [5.41, 5.74) is 2.71. The molecule has 0 radical (unpaired) electrons. The third-order valence-electron chi connectivity index (χ3n) is 5.43. The number of hydrogen-bond acceptors (Lipinski definition) is 4. The first-order valence-electron chi connectivity index (χ1n) is 10.1. The van der Waals surface area contributed by atoms with Gasteiger partial charge in [-0.25, -0.2) is 0 Å². The SMILES string of the molecule is COc1ccc(C(=O)N2CCC(C(=O)Nc3cccc(-c4cccc(Cl)c4)c3)CC2)o1. The van der Waals surface area contributed by atoms with Gasteiger partial charge in [-0.3, -0.25) is 9.59 Å². The zero-order valence-corrected chi connectivity index (χ0v) is 17.9. The minimum Gasteiger partial charge on any atom is -0.468 e. The van der Waals surface area contributed by atoms with Crippen LogP contribution in [0.2, 0.25) is 5.02 Å². The Hall–Kier alpha value is -3.25. The van der Waals surface area contributed by atoms with E-state index in [0.717, 1.165) is 16.8 Å². The van der Waals surface area contributed by atoms with Gasteiger partial charge in [0.15, 0.2) is 5.76 Å². The van der Waals surface area contributed by atoms with Gasteiger partial charge in [0.05, 0.1) is 7.11 Å². The number of piperidine rings is 1. The summed E-state index contributed by atoms with van der Waals surface area (Å²) in [6.45, 7) is 1.00. The molecule has 0 atom stereocenters. The van der Waals surface area contributed by atoms with Crippen LogP contribution in [0.5, 0.6) is 5.95 Å². The molecule has 2 amide bonds. The molecule has 1 saturated heterocycles. The van der Waals surface area contributed by atoms with Gasteiger partial charge >= 0.3 is 0 Å². The van der Waals surface area contributed by atoms with E-state index in [9.17, 15) is 9.59 Å². The molecular formula is C24H23ClN2O4. The maximum absolute atomic E-state index is 12.8. The summed E-state index contributed by atoms with van der Waals surface area (Å²) in [6, 6.07) is 18.5. The second-order valence-corrected chi connectivity index (χ2v) is 7.91. The van der Waals surface area contributed by atoms with Crippen molar-refractivity contribution < 1.29 is 18.7 Å². The summed E-state index contributed by atoms with van der Waals surface area (Å²) >= 11 is 6.09. The number of rotatable bonds is 5. The molecule has 0 saturated carbocycles. The van der Waals surface area contributed by atoms with Crippen molar-refractivity contribution in [3.8, 4) is 17.1 Å². The number of anilines is 1. The molecule has 0 unspecified atom stereocenters. The summed E-state index contributed by atoms with van der Waals surface area (Å²) in [7, 11) is 1.49. The number of carbonyl (C=O) groups excluding carboxylic acids is 2. The Morgan fingerprint density at radius 2 is 1.74 bits per heavy atom. The lowest BCUT2D eigenvalue weighted by atomic mass is 9.95. The van der Waals surface area contributed by atoms with E-state index in [4.69, 9.17) is 20.8 Å². The highest BCUT2D eigenvalue weighted by molar-refractivity contribution is 6.30. The molecule has 1 fully saturated rings. The van der Waals surface area contributed by atoms with Crippen LogP contribution in [0.4, 0.5) is 5.69 Å². The van der Waals surface area contributed by atoms with Crippen LogP contribution in [0.25, 0.3) is 11.1 Å². The lowest BCUT2D eigenvalue weighted by Gasteiger charge is -2.30. The first-order valence-corrected chi connectivity index (χ1v) is 10.5. The second-order valence-electron chi connectivity index (χ2n) is 7.47. The van der Waals surface area contributed by atoms with Gasteiger partial charge in [-0.1, -0.05) is 35.9 Å². The molecule has 1 aliphatic rings. The summed E-state index contributed by atoms with van der Waals surface area (Å²) < 4.78 is 10.3. The number of furan rings is 1. The fourth-order valence-electron chi connectivity index (χ4n) is 3.73. The van der Waals surface area contributed by atoms with Crippen LogP contribution in [0.15, 0.2) is 65.1 Å². The van der Waals surface area contributed by atoms with Crippen molar-refractivity contribution in [3.63, 3.8) is 0 Å². The maximum Gasteiger partial charge on any atom is 0.289 e. The number of methoxy groups -OCH3 is 1. The lowest BCUT2D eigenvalue weighted by Crippen LogP contribution is -2.41. The van der Waals surface area contributed by atoms with E-state index in [0.29, 0.717) is 36.9 Å². The first kappa shape index (κ1) is 21.0. The molecule has 0 aliphatic carbocycles. The van der Waals surface area contributed by atoms with E-state index >= 15 is 0 Å². The zero-order valence-electron chi connectivity index (χ0n) is 17.1. The monoisotopic (exact) mass is 438 g/mol. The van der Waals surface area contributed by atoms with E-state index < -0.39 is 0 Å². The van der Waals surface area contributed by atoms with Crippen LogP contribution in [0, 0.1) is 5.92 Å². The molecule has 1 aliphatic heterocycles. The standard InChI is InChI=1S/C24H23ClN2O4/c1-30-22-9-8-21(31-22)24(29)27-12-10-16(11-13-27)23(28)26-20-7-3-5-18(15-20)17-4-2-6-19(25)14-17/h2-9,14-16H,10-13H2,1H3,(H,26,28). The molecule has 1 aromatic heterocycles. The van der Waals surface area contributed by atoms with Crippen molar-refractivity contribution in [2.45, 2.75) is 12.8 Å². The van der Waals surface area contributed by atoms with Gasteiger partial charge in [0.2, 0.25) is 5.91 Å². The van der Waals surface area contributed by atoms with Crippen LogP contribution in [-0.2, 0) is 4.79 Å². The molecule has 2 heterocycles. The highest BCUT2D eigenvalue weighted by Gasteiger charge is 2.29. The van der Waals surface area contributed by atoms with Gasteiger partial charge < -0.3 is 19.4 Å². The Kier molecular flexibility index (Phi) is 6.28. The highest BCUT2D eigenvalue weighted by Crippen LogP contribution is 2.27. The van der Waals surface area contributed by atoms with E-state index in [1.54, 1.807) is 17.0 Å². The minimum absolute atomic E-state index is 0.0324. The molecule has 2 aromatic carbocycles. The number of carbonyl (C=O) groups is 2. The summed E-state index contributed by atoms with van der Waals surface area (Å²) in [6.07, 6.45) is 1.20. The van der Waals surface area contributed by atoms with Crippen LogP contribution >= 0.6 is 11.6 Å². The van der Waals surface area contributed by atoms with E-state index in [-0.39, 0.29) is 23.5 Å². The van der Waals surface area contributed by atoms with E-state index in [1.807, 2.05) is 48.5 Å². The third-order valence-corrected chi connectivity index (χ3v) is 5.67. The number of amides is 2. The molecule has 3 aromatic rings. The highest BCUT2D eigenvalue weighted by atomic mass is 35.5. The van der Waals surface area contributed by atoms with Crippen molar-refractivity contribution in [2.24, 2.45) is 5.92 Å². The summed E-state index contributed by atoms with van der Waals surface area (Å²) in [5.74, 6) is 0.187. The molecule has 0 bridgehead atoms. The van der Waals surface area contributed by atoms with Gasteiger partial charge in [-0.15, -0.1) is 0 Å². The predicted octanol–water partition coefficient (Wildman–Crippen LogP) is 5.10. The van der Waals surface area contributed by atoms with Gasteiger partial charge in [0, 0.05) is 35.8 Å². The smallest absolute Gasteiger partial charge is 0.289 e. The fraction of sp³-hybridized carbons (Fsp3) is 0.250. The van der Waals surface area contributed by atoms with Crippen molar-refractivity contribution >= 4 is 29.1 Å². The molecule has 0 spiro atoms. The Labute approximate surface area is 185 Å². The number of likely N-dealkylation sites (tertiary alicyclic amines) is 1. The van der Waals surface area contributed by atoms with Crippen LogP contribution < -0.4 is 10.1 Å². The number of benzene rings is 2.